The van der Waals surface area contributed by atoms with Gasteiger partial charge in [0.25, 0.3) is 11.8 Å². The molecular formula is C31H39N5O4. The molecule has 2 aliphatic carbocycles. The second-order valence-corrected chi connectivity index (χ2v) is 12.5. The Balaban J connectivity index is 1.10. The second-order valence-electron chi connectivity index (χ2n) is 12.5. The predicted molar refractivity (Wildman–Crippen MR) is 153 cm³/mol. The molecule has 5 N–H and O–H groups in total. The summed E-state index contributed by atoms with van der Waals surface area (Å²) in [5, 5.41) is 16.9. The molecule has 2 amide bonds. The van der Waals surface area contributed by atoms with Crippen molar-refractivity contribution in [2.75, 3.05) is 10.2 Å². The highest BCUT2D eigenvalue weighted by Crippen LogP contribution is 2.39. The van der Waals surface area contributed by atoms with E-state index in [-0.39, 0.29) is 29.7 Å². The first-order valence-electron chi connectivity index (χ1n) is 14.7. The highest BCUT2D eigenvalue weighted by molar-refractivity contribution is 6.02. The van der Waals surface area contributed by atoms with E-state index in [4.69, 9.17) is 5.73 Å². The molecule has 2 aliphatic heterocycles. The van der Waals surface area contributed by atoms with Gasteiger partial charge in [-0.05, 0) is 101 Å². The fourth-order valence-corrected chi connectivity index (χ4v) is 6.83. The van der Waals surface area contributed by atoms with E-state index in [0.29, 0.717) is 47.3 Å². The Labute approximate surface area is 234 Å². The second kappa shape index (κ2) is 10.5. The predicted octanol–water partition coefficient (Wildman–Crippen LogP) is 3.81. The summed E-state index contributed by atoms with van der Waals surface area (Å²) in [7, 11) is 0. The van der Waals surface area contributed by atoms with E-state index < -0.39 is 11.5 Å². The molecule has 4 aliphatic rings. The maximum absolute atomic E-state index is 13.3. The number of nitrogens with two attached hydrogens (primary N) is 1. The van der Waals surface area contributed by atoms with Gasteiger partial charge >= 0.3 is 0 Å². The lowest BCUT2D eigenvalue weighted by atomic mass is 9.83. The van der Waals surface area contributed by atoms with E-state index in [9.17, 15) is 19.5 Å². The molecular weight excluding hydrogens is 506 g/mol. The number of ketones is 1. The van der Waals surface area contributed by atoms with Crippen LogP contribution in [0.1, 0.15) is 102 Å². The normalized spacial score (nSPS) is 29.6. The summed E-state index contributed by atoms with van der Waals surface area (Å²) in [6, 6.07) is 9.61. The summed E-state index contributed by atoms with van der Waals surface area (Å²) in [6.45, 7) is 1.85. The number of Topliss-reactive ketones (excluding diaryl/α,β-unsaturated/α-hetero) is 1. The monoisotopic (exact) mass is 545 g/mol. The Morgan fingerprint density at radius 3 is 2.23 bits per heavy atom. The van der Waals surface area contributed by atoms with E-state index in [1.54, 1.807) is 24.4 Å². The number of carbonyl (C=O) groups is 3. The van der Waals surface area contributed by atoms with Crippen molar-refractivity contribution >= 4 is 29.1 Å². The molecule has 2 saturated carbocycles. The smallest absolute Gasteiger partial charge is 0.251 e. The number of aliphatic hydroxyl groups is 1. The lowest BCUT2D eigenvalue weighted by molar-refractivity contribution is 0.0196. The molecule has 2 atom stereocenters. The van der Waals surface area contributed by atoms with E-state index in [2.05, 4.69) is 20.5 Å². The molecule has 1 aromatic carbocycles. The lowest BCUT2D eigenvalue weighted by Crippen LogP contribution is -2.50. The van der Waals surface area contributed by atoms with Gasteiger partial charge < -0.3 is 26.4 Å². The quantitative estimate of drug-likeness (QED) is 0.370. The number of aromatic nitrogens is 1. The molecule has 6 rings (SSSR count). The molecule has 3 heterocycles. The van der Waals surface area contributed by atoms with Crippen LogP contribution in [-0.4, -0.2) is 57.5 Å². The van der Waals surface area contributed by atoms with Crippen molar-refractivity contribution in [1.29, 1.82) is 0 Å². The van der Waals surface area contributed by atoms with Crippen LogP contribution in [0.5, 0.6) is 0 Å². The third-order valence-corrected chi connectivity index (χ3v) is 9.28. The van der Waals surface area contributed by atoms with Crippen molar-refractivity contribution in [2.45, 2.75) is 101 Å². The Morgan fingerprint density at radius 1 is 0.950 bits per heavy atom. The van der Waals surface area contributed by atoms with Crippen LogP contribution in [-0.2, 0) is 0 Å². The van der Waals surface area contributed by atoms with Crippen LogP contribution >= 0.6 is 0 Å². The number of pyridine rings is 1. The Morgan fingerprint density at radius 2 is 1.62 bits per heavy atom. The SMILES string of the molecule is C[C@]1(O)CC[C@@H](Nc2cc(C(=O)NC3CC4CCC(C3)N4c3ccc(C(=O)C4CC4)cn3)ccc2C(N)=O)CC1. The Kier molecular flexibility index (Phi) is 7.02. The zero-order valence-corrected chi connectivity index (χ0v) is 23.1. The van der Waals surface area contributed by atoms with Crippen LogP contribution in [0.4, 0.5) is 11.5 Å². The van der Waals surface area contributed by atoms with Gasteiger partial charge in [0.15, 0.2) is 5.78 Å². The number of carbonyl (C=O) groups excluding carboxylic acids is 3. The number of hydrogen-bond acceptors (Lipinski definition) is 7. The highest BCUT2D eigenvalue weighted by Gasteiger charge is 2.42. The van der Waals surface area contributed by atoms with Gasteiger partial charge in [0, 0.05) is 53.1 Å². The number of nitrogens with zero attached hydrogens (tertiary/aromatic N) is 2. The summed E-state index contributed by atoms with van der Waals surface area (Å²) in [4.78, 5) is 44.8. The minimum Gasteiger partial charge on any atom is -0.390 e. The fourth-order valence-electron chi connectivity index (χ4n) is 6.83. The zero-order chi connectivity index (χ0) is 28.0. The highest BCUT2D eigenvalue weighted by atomic mass is 16.3. The van der Waals surface area contributed by atoms with Crippen LogP contribution in [0, 0.1) is 5.92 Å². The topological polar surface area (TPSA) is 138 Å². The maximum Gasteiger partial charge on any atom is 0.251 e. The minimum atomic E-state index is -0.657. The average molecular weight is 546 g/mol. The molecule has 0 spiro atoms. The Bertz CT molecular complexity index is 1280. The fraction of sp³-hybridized carbons (Fsp3) is 0.548. The van der Waals surface area contributed by atoms with Gasteiger partial charge in [-0.15, -0.1) is 0 Å². The minimum absolute atomic E-state index is 0.0461. The number of piperidine rings is 1. The zero-order valence-electron chi connectivity index (χ0n) is 23.1. The van der Waals surface area contributed by atoms with Crippen molar-refractivity contribution < 1.29 is 19.5 Å². The summed E-state index contributed by atoms with van der Waals surface area (Å²) >= 11 is 0. The first-order valence-corrected chi connectivity index (χ1v) is 14.7. The van der Waals surface area contributed by atoms with Crippen molar-refractivity contribution in [2.24, 2.45) is 11.7 Å². The molecule has 212 valence electrons. The van der Waals surface area contributed by atoms with Gasteiger partial charge in [0.2, 0.25) is 0 Å². The number of anilines is 2. The summed E-state index contributed by atoms with van der Waals surface area (Å²) in [5.41, 5.74) is 7.09. The third-order valence-electron chi connectivity index (χ3n) is 9.28. The molecule has 4 fully saturated rings. The first kappa shape index (κ1) is 26.7. The van der Waals surface area contributed by atoms with Crippen molar-refractivity contribution in [3.8, 4) is 0 Å². The van der Waals surface area contributed by atoms with Crippen LogP contribution in [0.25, 0.3) is 0 Å². The molecule has 9 nitrogen and oxygen atoms in total. The summed E-state index contributed by atoms with van der Waals surface area (Å²) in [5.74, 6) is 0.598. The van der Waals surface area contributed by atoms with Crippen LogP contribution in [0.3, 0.4) is 0 Å². The van der Waals surface area contributed by atoms with E-state index >= 15 is 0 Å². The van der Waals surface area contributed by atoms with Gasteiger partial charge in [-0.2, -0.15) is 0 Å². The molecule has 1 aromatic heterocycles. The standard InChI is InChI=1S/C31H39N5O4/c1-31(40)12-10-21(11-13-31)34-26-14-19(4-8-25(26)29(32)38)30(39)35-22-15-23-6-7-24(16-22)36(23)27-9-5-20(17-33-27)28(37)18-2-3-18/h4-5,8-9,14,17-18,21-24,34,40H,2-3,6-7,10-13,15-16H2,1H3,(H2,32,38)(H,35,39)/t21-,22?,23?,24?,31+. The number of fused-ring (bicyclic) bond motifs is 2. The lowest BCUT2D eigenvalue weighted by Gasteiger charge is -2.40. The number of nitrogens with one attached hydrogen (secondary N) is 2. The van der Waals surface area contributed by atoms with Crippen molar-refractivity contribution in [1.82, 2.24) is 10.3 Å². The largest absolute Gasteiger partial charge is 0.390 e. The van der Waals surface area contributed by atoms with Gasteiger partial charge in [-0.25, -0.2) is 4.98 Å². The van der Waals surface area contributed by atoms with Gasteiger partial charge in [-0.3, -0.25) is 14.4 Å². The summed E-state index contributed by atoms with van der Waals surface area (Å²) in [6.07, 6.45) is 10.4. The van der Waals surface area contributed by atoms with Crippen molar-refractivity contribution in [3.05, 3.63) is 53.2 Å². The van der Waals surface area contributed by atoms with Gasteiger partial charge in [-0.1, -0.05) is 0 Å². The number of rotatable bonds is 8. The molecule has 40 heavy (non-hydrogen) atoms. The number of primary amides is 1. The van der Waals surface area contributed by atoms with Crippen LogP contribution < -0.4 is 21.3 Å². The molecule has 9 heteroatoms. The average Bonchev–Trinajstić information content (AvgIpc) is 3.74. The van der Waals surface area contributed by atoms with Crippen molar-refractivity contribution in [3.63, 3.8) is 0 Å². The Hall–Kier alpha value is -3.46. The first-order chi connectivity index (χ1) is 19.2. The molecule has 2 unspecified atom stereocenters. The van der Waals surface area contributed by atoms with Gasteiger partial charge in [0.1, 0.15) is 5.82 Å². The molecule has 2 saturated heterocycles. The maximum atomic E-state index is 13.3. The van der Waals surface area contributed by atoms with E-state index in [1.165, 1.54) is 0 Å². The molecule has 0 radical (unpaired) electrons. The molecule has 2 bridgehead atoms. The number of amides is 2. The number of hydrogen-bond donors (Lipinski definition) is 4. The third kappa shape index (κ3) is 5.57. The van der Waals surface area contributed by atoms with Crippen LogP contribution in [0.15, 0.2) is 36.5 Å². The van der Waals surface area contributed by atoms with Crippen LogP contribution in [0.2, 0.25) is 0 Å². The number of benzene rings is 1. The van der Waals surface area contributed by atoms with Gasteiger partial charge in [0.05, 0.1) is 11.2 Å². The van der Waals surface area contributed by atoms with E-state index in [0.717, 1.165) is 57.2 Å². The molecule has 2 aromatic rings. The van der Waals surface area contributed by atoms with E-state index in [1.807, 2.05) is 19.1 Å². The summed E-state index contributed by atoms with van der Waals surface area (Å²) < 4.78 is 0.